The average Bonchev–Trinajstić information content (AvgIpc) is 3.00. The smallest absolute Gasteiger partial charge is 0.156 e. The molecule has 0 amide bonds. The third-order valence-corrected chi connectivity index (χ3v) is 2.73. The summed E-state index contributed by atoms with van der Waals surface area (Å²) in [7, 11) is 1.63. The van der Waals surface area contributed by atoms with Gasteiger partial charge in [-0.15, -0.1) is 0 Å². The van der Waals surface area contributed by atoms with Crippen LogP contribution in [0, 0.1) is 0 Å². The number of ether oxygens (including phenoxy) is 1. The zero-order valence-electron chi connectivity index (χ0n) is 10.8. The highest BCUT2D eigenvalue weighted by molar-refractivity contribution is 5.18. The summed E-state index contributed by atoms with van der Waals surface area (Å²) in [6, 6.07) is 2.00. The molecule has 0 unspecified atom stereocenters. The minimum atomic E-state index is 0.625. The van der Waals surface area contributed by atoms with Crippen molar-refractivity contribution in [2.24, 2.45) is 0 Å². The van der Waals surface area contributed by atoms with Gasteiger partial charge in [0.15, 0.2) is 5.75 Å². The van der Waals surface area contributed by atoms with E-state index < -0.39 is 0 Å². The lowest BCUT2D eigenvalue weighted by Crippen LogP contribution is -2.15. The van der Waals surface area contributed by atoms with E-state index in [1.54, 1.807) is 24.3 Å². The summed E-state index contributed by atoms with van der Waals surface area (Å²) in [4.78, 5) is 0. The SMILES string of the molecule is CCCNCc1ccoc1Cn1cc(OC)cn1. The molecule has 0 bridgehead atoms. The Kier molecular flexibility index (Phi) is 4.41. The lowest BCUT2D eigenvalue weighted by atomic mass is 10.2. The maximum Gasteiger partial charge on any atom is 0.156 e. The Morgan fingerprint density at radius 3 is 3.11 bits per heavy atom. The Labute approximate surface area is 107 Å². The molecular weight excluding hydrogens is 230 g/mol. The molecule has 0 aliphatic heterocycles. The van der Waals surface area contributed by atoms with Crippen molar-refractivity contribution in [1.82, 2.24) is 15.1 Å². The molecule has 0 fully saturated rings. The van der Waals surface area contributed by atoms with Gasteiger partial charge in [-0.1, -0.05) is 6.92 Å². The van der Waals surface area contributed by atoms with Crippen LogP contribution in [-0.4, -0.2) is 23.4 Å². The highest BCUT2D eigenvalue weighted by Crippen LogP contribution is 2.14. The van der Waals surface area contributed by atoms with Gasteiger partial charge in [0.1, 0.15) is 5.76 Å². The number of methoxy groups -OCH3 is 1. The number of nitrogens with one attached hydrogen (secondary N) is 1. The van der Waals surface area contributed by atoms with Gasteiger partial charge in [0, 0.05) is 12.1 Å². The summed E-state index contributed by atoms with van der Waals surface area (Å²) in [6.45, 7) is 4.62. The van der Waals surface area contributed by atoms with Gasteiger partial charge in [0.05, 0.1) is 32.3 Å². The molecular formula is C13H19N3O2. The van der Waals surface area contributed by atoms with Gasteiger partial charge in [-0.3, -0.25) is 4.68 Å². The van der Waals surface area contributed by atoms with Crippen molar-refractivity contribution < 1.29 is 9.15 Å². The zero-order valence-corrected chi connectivity index (χ0v) is 10.8. The van der Waals surface area contributed by atoms with Gasteiger partial charge in [0.2, 0.25) is 0 Å². The quantitative estimate of drug-likeness (QED) is 0.763. The summed E-state index contributed by atoms with van der Waals surface area (Å²) in [5, 5.41) is 7.58. The van der Waals surface area contributed by atoms with Gasteiger partial charge in [-0.05, 0) is 19.0 Å². The van der Waals surface area contributed by atoms with Crippen LogP contribution in [0.4, 0.5) is 0 Å². The molecule has 0 atom stereocenters. The first-order valence-electron chi connectivity index (χ1n) is 6.16. The summed E-state index contributed by atoms with van der Waals surface area (Å²) in [6.07, 6.45) is 6.40. The molecule has 98 valence electrons. The lowest BCUT2D eigenvalue weighted by molar-refractivity contribution is 0.413. The van der Waals surface area contributed by atoms with Crippen LogP contribution >= 0.6 is 0 Å². The number of rotatable bonds is 7. The Hall–Kier alpha value is -1.75. The standard InChI is InChI=1S/C13H19N3O2/c1-3-5-14-7-11-4-6-18-13(11)10-16-9-12(17-2)8-15-16/h4,6,8-9,14H,3,5,7,10H2,1-2H3. The fourth-order valence-corrected chi connectivity index (χ4v) is 1.75. The van der Waals surface area contributed by atoms with Gasteiger partial charge in [-0.25, -0.2) is 0 Å². The Morgan fingerprint density at radius 1 is 1.50 bits per heavy atom. The Bertz CT molecular complexity index is 476. The van der Waals surface area contributed by atoms with E-state index in [4.69, 9.17) is 9.15 Å². The van der Waals surface area contributed by atoms with E-state index in [-0.39, 0.29) is 0 Å². The molecule has 5 heteroatoms. The van der Waals surface area contributed by atoms with Crippen LogP contribution in [0.2, 0.25) is 0 Å². The van der Waals surface area contributed by atoms with Gasteiger partial charge >= 0.3 is 0 Å². The van der Waals surface area contributed by atoms with E-state index >= 15 is 0 Å². The molecule has 0 aromatic carbocycles. The maximum atomic E-state index is 5.50. The predicted octanol–water partition coefficient (Wildman–Crippen LogP) is 2.03. The minimum Gasteiger partial charge on any atom is -0.493 e. The van der Waals surface area contributed by atoms with Crippen molar-refractivity contribution in [3.05, 3.63) is 36.0 Å². The van der Waals surface area contributed by atoms with Crippen LogP contribution in [0.3, 0.4) is 0 Å². The van der Waals surface area contributed by atoms with E-state index in [0.717, 1.165) is 31.0 Å². The first-order valence-corrected chi connectivity index (χ1v) is 6.16. The first-order chi connectivity index (χ1) is 8.83. The third-order valence-electron chi connectivity index (χ3n) is 2.73. The van der Waals surface area contributed by atoms with E-state index in [9.17, 15) is 0 Å². The maximum absolute atomic E-state index is 5.50. The van der Waals surface area contributed by atoms with Crippen molar-refractivity contribution in [2.45, 2.75) is 26.4 Å². The average molecular weight is 249 g/mol. The molecule has 0 radical (unpaired) electrons. The molecule has 0 aliphatic carbocycles. The largest absolute Gasteiger partial charge is 0.493 e. The normalized spacial score (nSPS) is 10.8. The topological polar surface area (TPSA) is 52.2 Å². The van der Waals surface area contributed by atoms with Gasteiger partial charge < -0.3 is 14.5 Å². The molecule has 0 saturated heterocycles. The lowest BCUT2D eigenvalue weighted by Gasteiger charge is -2.04. The van der Waals surface area contributed by atoms with E-state index in [1.807, 2.05) is 12.3 Å². The van der Waals surface area contributed by atoms with Crippen molar-refractivity contribution in [2.75, 3.05) is 13.7 Å². The van der Waals surface area contributed by atoms with Crippen LogP contribution in [0.1, 0.15) is 24.7 Å². The molecule has 18 heavy (non-hydrogen) atoms. The molecule has 5 nitrogen and oxygen atoms in total. The van der Waals surface area contributed by atoms with Crippen LogP contribution in [0.25, 0.3) is 0 Å². The number of hydrogen-bond donors (Lipinski definition) is 1. The highest BCUT2D eigenvalue weighted by Gasteiger charge is 2.08. The first kappa shape index (κ1) is 12.7. The summed E-state index contributed by atoms with van der Waals surface area (Å²) >= 11 is 0. The highest BCUT2D eigenvalue weighted by atomic mass is 16.5. The number of nitrogens with zero attached hydrogens (tertiary/aromatic N) is 2. The second-order valence-electron chi connectivity index (χ2n) is 4.12. The zero-order chi connectivity index (χ0) is 12.8. The van der Waals surface area contributed by atoms with Gasteiger partial charge in [0.25, 0.3) is 0 Å². The van der Waals surface area contributed by atoms with Crippen LogP contribution in [-0.2, 0) is 13.1 Å². The Morgan fingerprint density at radius 2 is 2.39 bits per heavy atom. The number of aromatic nitrogens is 2. The molecule has 0 spiro atoms. The van der Waals surface area contributed by atoms with Crippen LogP contribution in [0.5, 0.6) is 5.75 Å². The van der Waals surface area contributed by atoms with Crippen LogP contribution in [0.15, 0.2) is 29.1 Å². The molecule has 0 saturated carbocycles. The summed E-state index contributed by atoms with van der Waals surface area (Å²) in [5.41, 5.74) is 1.18. The van der Waals surface area contributed by atoms with Crippen LogP contribution < -0.4 is 10.1 Å². The van der Waals surface area contributed by atoms with Crippen molar-refractivity contribution in [3.63, 3.8) is 0 Å². The fraction of sp³-hybridized carbons (Fsp3) is 0.462. The van der Waals surface area contributed by atoms with Crippen molar-refractivity contribution >= 4 is 0 Å². The Balaban J connectivity index is 1.98. The predicted molar refractivity (Wildman–Crippen MR) is 68.6 cm³/mol. The molecule has 1 N–H and O–H groups in total. The molecule has 2 heterocycles. The van der Waals surface area contributed by atoms with E-state index in [1.165, 1.54) is 5.56 Å². The van der Waals surface area contributed by atoms with E-state index in [0.29, 0.717) is 6.54 Å². The third kappa shape index (κ3) is 3.13. The molecule has 0 aliphatic rings. The second kappa shape index (κ2) is 6.26. The molecule has 2 aromatic heterocycles. The van der Waals surface area contributed by atoms with E-state index in [2.05, 4.69) is 17.3 Å². The molecule has 2 aromatic rings. The fourth-order valence-electron chi connectivity index (χ4n) is 1.75. The van der Waals surface area contributed by atoms with Crippen molar-refractivity contribution in [3.8, 4) is 5.75 Å². The summed E-state index contributed by atoms with van der Waals surface area (Å²) in [5.74, 6) is 1.69. The number of hydrogen-bond acceptors (Lipinski definition) is 4. The van der Waals surface area contributed by atoms with Gasteiger partial charge in [-0.2, -0.15) is 5.10 Å². The summed E-state index contributed by atoms with van der Waals surface area (Å²) < 4.78 is 12.4. The minimum absolute atomic E-state index is 0.625. The van der Waals surface area contributed by atoms with Crippen molar-refractivity contribution in [1.29, 1.82) is 0 Å². The second-order valence-corrected chi connectivity index (χ2v) is 4.12. The monoisotopic (exact) mass is 249 g/mol. The number of furan rings is 1. The molecule has 2 rings (SSSR count).